The zero-order valence-corrected chi connectivity index (χ0v) is 12.7. The summed E-state index contributed by atoms with van der Waals surface area (Å²) in [7, 11) is 0. The molecule has 2 rings (SSSR count). The van der Waals surface area contributed by atoms with Crippen LogP contribution in [0.4, 0.5) is 4.39 Å². The first-order valence-electron chi connectivity index (χ1n) is 7.57. The Morgan fingerprint density at radius 2 is 2.33 bits per heavy atom. The Bertz CT molecular complexity index is 488. The van der Waals surface area contributed by atoms with E-state index in [0.29, 0.717) is 13.0 Å². The fourth-order valence-corrected chi connectivity index (χ4v) is 3.28. The molecule has 0 aliphatic carbocycles. The summed E-state index contributed by atoms with van der Waals surface area (Å²) in [5.74, 6) is -1.05. The average molecular weight is 294 g/mol. The van der Waals surface area contributed by atoms with Crippen molar-refractivity contribution in [2.24, 2.45) is 5.41 Å². The molecule has 1 aromatic rings. The molecule has 5 heteroatoms. The lowest BCUT2D eigenvalue weighted by Crippen LogP contribution is -2.48. The van der Waals surface area contributed by atoms with Gasteiger partial charge in [-0.1, -0.05) is 13.3 Å². The summed E-state index contributed by atoms with van der Waals surface area (Å²) < 4.78 is 13.0. The quantitative estimate of drug-likeness (QED) is 0.905. The minimum Gasteiger partial charge on any atom is -0.481 e. The van der Waals surface area contributed by atoms with Crippen molar-refractivity contribution >= 4 is 5.97 Å². The van der Waals surface area contributed by atoms with E-state index >= 15 is 0 Å². The minimum absolute atomic E-state index is 0.00137. The second-order valence-electron chi connectivity index (χ2n) is 5.99. The molecule has 2 atom stereocenters. The van der Waals surface area contributed by atoms with Crippen molar-refractivity contribution in [3.8, 4) is 0 Å². The van der Waals surface area contributed by atoms with E-state index < -0.39 is 11.4 Å². The van der Waals surface area contributed by atoms with Crippen LogP contribution < -0.4 is 0 Å². The number of halogens is 1. The first kappa shape index (κ1) is 15.9. The third-order valence-electron chi connectivity index (χ3n) is 4.51. The van der Waals surface area contributed by atoms with Crippen molar-refractivity contribution in [3.05, 3.63) is 29.8 Å². The van der Waals surface area contributed by atoms with E-state index in [-0.39, 0.29) is 11.9 Å². The van der Waals surface area contributed by atoms with Crippen LogP contribution in [0.2, 0.25) is 0 Å². The largest absolute Gasteiger partial charge is 0.481 e. The molecule has 0 spiro atoms. The number of nitrogens with zero attached hydrogens (tertiary/aromatic N) is 2. The molecule has 21 heavy (non-hydrogen) atoms. The second-order valence-corrected chi connectivity index (χ2v) is 5.99. The van der Waals surface area contributed by atoms with Crippen LogP contribution in [0.3, 0.4) is 0 Å². The van der Waals surface area contributed by atoms with E-state index in [1.807, 2.05) is 13.8 Å². The van der Waals surface area contributed by atoms with Crippen molar-refractivity contribution in [1.82, 2.24) is 9.88 Å². The van der Waals surface area contributed by atoms with E-state index in [2.05, 4.69) is 9.88 Å². The number of carbonyl (C=O) groups is 1. The van der Waals surface area contributed by atoms with Gasteiger partial charge in [0.05, 0.1) is 17.3 Å². The second kappa shape index (κ2) is 6.52. The predicted octanol–water partition coefficient (Wildman–Crippen LogP) is 3.25. The molecule has 116 valence electrons. The molecule has 1 N–H and O–H groups in total. The molecule has 2 unspecified atom stereocenters. The Morgan fingerprint density at radius 1 is 1.57 bits per heavy atom. The summed E-state index contributed by atoms with van der Waals surface area (Å²) >= 11 is 0. The van der Waals surface area contributed by atoms with Crippen LogP contribution in [0, 0.1) is 11.2 Å². The number of rotatable bonds is 5. The van der Waals surface area contributed by atoms with Gasteiger partial charge in [-0.3, -0.25) is 14.7 Å². The van der Waals surface area contributed by atoms with Gasteiger partial charge in [0.2, 0.25) is 0 Å². The van der Waals surface area contributed by atoms with E-state index in [1.165, 1.54) is 12.3 Å². The van der Waals surface area contributed by atoms with Crippen molar-refractivity contribution in [3.63, 3.8) is 0 Å². The van der Waals surface area contributed by atoms with Crippen molar-refractivity contribution in [1.29, 1.82) is 0 Å². The molecule has 1 saturated heterocycles. The van der Waals surface area contributed by atoms with Crippen molar-refractivity contribution in [2.75, 3.05) is 13.1 Å². The predicted molar refractivity (Wildman–Crippen MR) is 78.4 cm³/mol. The molecule has 2 heterocycles. The molecule has 1 aromatic heterocycles. The summed E-state index contributed by atoms with van der Waals surface area (Å²) in [4.78, 5) is 18.0. The molecule has 1 fully saturated rings. The fraction of sp³-hybridized carbons (Fsp3) is 0.625. The highest BCUT2D eigenvalue weighted by Crippen LogP contribution is 2.37. The zero-order chi connectivity index (χ0) is 15.5. The molecular weight excluding hydrogens is 271 g/mol. The van der Waals surface area contributed by atoms with Crippen LogP contribution in [0.15, 0.2) is 18.3 Å². The zero-order valence-electron chi connectivity index (χ0n) is 12.7. The van der Waals surface area contributed by atoms with Gasteiger partial charge in [0.25, 0.3) is 0 Å². The molecule has 0 bridgehead atoms. The summed E-state index contributed by atoms with van der Waals surface area (Å²) in [6.07, 6.45) is 4.38. The van der Waals surface area contributed by atoms with Gasteiger partial charge in [0.15, 0.2) is 0 Å². The molecule has 0 radical (unpaired) electrons. The summed E-state index contributed by atoms with van der Waals surface area (Å²) in [5, 5.41) is 9.63. The third-order valence-corrected chi connectivity index (χ3v) is 4.51. The summed E-state index contributed by atoms with van der Waals surface area (Å²) in [6, 6.07) is 3.08. The number of carboxylic acid groups (broad SMARTS) is 1. The number of hydrogen-bond acceptors (Lipinski definition) is 3. The maximum Gasteiger partial charge on any atom is 0.310 e. The van der Waals surface area contributed by atoms with Crippen LogP contribution in [-0.4, -0.2) is 34.0 Å². The van der Waals surface area contributed by atoms with Crippen LogP contribution in [0.5, 0.6) is 0 Å². The number of piperidine rings is 1. The van der Waals surface area contributed by atoms with Crippen LogP contribution in [0.25, 0.3) is 0 Å². The third kappa shape index (κ3) is 3.40. The van der Waals surface area contributed by atoms with Gasteiger partial charge >= 0.3 is 5.97 Å². The SMILES string of the molecule is CCCC1(C(=O)O)CCCN(C(C)c2ccc(F)cn2)C1. The van der Waals surface area contributed by atoms with Gasteiger partial charge in [-0.2, -0.15) is 0 Å². The molecule has 4 nitrogen and oxygen atoms in total. The molecular formula is C16H23FN2O2. The molecule has 0 saturated carbocycles. The Hall–Kier alpha value is -1.49. The Labute approximate surface area is 125 Å². The standard InChI is InChI=1S/C16H23FN2O2/c1-3-7-16(15(20)21)8-4-9-19(11-16)12(2)14-6-5-13(17)10-18-14/h5-6,10,12H,3-4,7-9,11H2,1-2H3,(H,20,21). The Morgan fingerprint density at radius 3 is 2.90 bits per heavy atom. The van der Waals surface area contributed by atoms with Gasteiger partial charge in [-0.15, -0.1) is 0 Å². The van der Waals surface area contributed by atoms with Crippen molar-refractivity contribution < 1.29 is 14.3 Å². The molecule has 1 aliphatic heterocycles. The highest BCUT2D eigenvalue weighted by Gasteiger charge is 2.42. The maximum atomic E-state index is 13.0. The smallest absolute Gasteiger partial charge is 0.310 e. The van der Waals surface area contributed by atoms with Gasteiger partial charge in [0.1, 0.15) is 5.82 Å². The number of likely N-dealkylation sites (tertiary alicyclic amines) is 1. The highest BCUT2D eigenvalue weighted by atomic mass is 19.1. The van der Waals surface area contributed by atoms with Gasteiger partial charge in [-0.05, 0) is 44.9 Å². The summed E-state index contributed by atoms with van der Waals surface area (Å²) in [6.45, 7) is 5.42. The minimum atomic E-state index is -0.701. The summed E-state index contributed by atoms with van der Waals surface area (Å²) in [5.41, 5.74) is 0.135. The lowest BCUT2D eigenvalue weighted by atomic mass is 9.76. The number of pyridine rings is 1. The van der Waals surface area contributed by atoms with Gasteiger partial charge in [-0.25, -0.2) is 4.39 Å². The average Bonchev–Trinajstić information content (AvgIpc) is 2.48. The fourth-order valence-electron chi connectivity index (χ4n) is 3.28. The number of hydrogen-bond donors (Lipinski definition) is 1. The van der Waals surface area contributed by atoms with E-state index in [1.54, 1.807) is 6.07 Å². The number of aromatic nitrogens is 1. The van der Waals surface area contributed by atoms with Crippen LogP contribution in [-0.2, 0) is 4.79 Å². The topological polar surface area (TPSA) is 53.4 Å². The maximum absolute atomic E-state index is 13.0. The molecule has 0 amide bonds. The Kier molecular flexibility index (Phi) is 4.93. The van der Waals surface area contributed by atoms with Gasteiger partial charge < -0.3 is 5.11 Å². The highest BCUT2D eigenvalue weighted by molar-refractivity contribution is 5.75. The van der Waals surface area contributed by atoms with E-state index in [9.17, 15) is 14.3 Å². The van der Waals surface area contributed by atoms with Crippen LogP contribution >= 0.6 is 0 Å². The van der Waals surface area contributed by atoms with Crippen molar-refractivity contribution in [2.45, 2.75) is 45.6 Å². The lowest BCUT2D eigenvalue weighted by Gasteiger charge is -2.42. The van der Waals surface area contributed by atoms with E-state index in [4.69, 9.17) is 0 Å². The normalized spacial score (nSPS) is 24.7. The number of aliphatic carboxylic acids is 1. The molecule has 0 aromatic carbocycles. The van der Waals surface area contributed by atoms with Gasteiger partial charge in [0, 0.05) is 12.6 Å². The first-order chi connectivity index (χ1) is 9.98. The lowest BCUT2D eigenvalue weighted by molar-refractivity contribution is -0.154. The number of carboxylic acids is 1. The monoisotopic (exact) mass is 294 g/mol. The first-order valence-corrected chi connectivity index (χ1v) is 7.57. The van der Waals surface area contributed by atoms with Crippen LogP contribution in [0.1, 0.15) is 51.3 Å². The molecule has 1 aliphatic rings. The van der Waals surface area contributed by atoms with E-state index in [0.717, 1.165) is 31.5 Å². The Balaban J connectivity index is 2.16.